The zero-order valence-corrected chi connectivity index (χ0v) is 30.2. The number of nitrogens with zero attached hydrogens (tertiary/aromatic N) is 2. The van der Waals surface area contributed by atoms with E-state index in [0.29, 0.717) is 18.9 Å². The molecule has 1 aliphatic heterocycles. The number of nitrogens with one attached hydrogen (secondary N) is 2. The van der Waals surface area contributed by atoms with Crippen LogP contribution in [0.1, 0.15) is 92.1 Å². The number of hydrogen-bond acceptors (Lipinski definition) is 6. The SMILES string of the molecule is COc1ccc2c(c1)C1CC1(C(=O)N[C@@H]1C3C(C)(C)C34CC=C4[C@@H]1O)Cn1c-2c(C2CCCCC2)c2ccc(C(=O)NS(=O)(=O)N(C)C)cc21. The van der Waals surface area contributed by atoms with E-state index in [1.807, 2.05) is 12.1 Å². The second-order valence-corrected chi connectivity index (χ2v) is 18.4. The molecule has 3 aromatic rings. The molecule has 50 heavy (non-hydrogen) atoms. The number of carbonyl (C=O) groups excluding carboxylic acids is 2. The number of rotatable bonds is 7. The molecule has 0 bridgehead atoms. The van der Waals surface area contributed by atoms with Gasteiger partial charge >= 0.3 is 10.2 Å². The van der Waals surface area contributed by atoms with E-state index in [-0.39, 0.29) is 40.2 Å². The standard InChI is InChI=1S/C39H46N4O6S/c1-37(2)34-31(33(44)27-15-16-39(27,34)37)40-36(46)38-19-28(38)26-18-23(49-5)12-14-24(26)32-30(21-9-7-6-8-10-21)25-13-11-22(17-29(25)43(32)20-38)35(45)41-50(47,48)42(3)4/h11-15,17-18,21,28,31,33-34,44H,6-10,16,19-20H2,1-5H3,(H,40,46)(H,41,45)/t28?,31-,33-,34?,38?,39?/m0/s1. The largest absolute Gasteiger partial charge is 0.497 e. The fourth-order valence-corrected chi connectivity index (χ4v) is 11.5. The van der Waals surface area contributed by atoms with Gasteiger partial charge in [0, 0.05) is 54.0 Å². The third-order valence-corrected chi connectivity index (χ3v) is 15.2. The van der Waals surface area contributed by atoms with E-state index in [4.69, 9.17) is 4.74 Å². The first-order valence-electron chi connectivity index (χ1n) is 18.1. The first-order valence-corrected chi connectivity index (χ1v) is 19.5. The van der Waals surface area contributed by atoms with Crippen LogP contribution in [0.3, 0.4) is 0 Å². The summed E-state index contributed by atoms with van der Waals surface area (Å²) < 4.78 is 36.3. The topological polar surface area (TPSA) is 130 Å². The van der Waals surface area contributed by atoms with E-state index in [1.54, 1.807) is 19.2 Å². The number of ether oxygens (including phenoxy) is 1. The maximum Gasteiger partial charge on any atom is 0.303 e. The lowest BCUT2D eigenvalue weighted by atomic mass is 9.74. The van der Waals surface area contributed by atoms with Crippen molar-refractivity contribution in [2.45, 2.75) is 89.3 Å². The Kier molecular flexibility index (Phi) is 6.74. The number of carbonyl (C=O) groups is 2. The van der Waals surface area contributed by atoms with Crippen LogP contribution in [0.15, 0.2) is 48.0 Å². The van der Waals surface area contributed by atoms with Crippen molar-refractivity contribution in [2.24, 2.45) is 22.2 Å². The molecule has 0 saturated heterocycles. The first-order chi connectivity index (χ1) is 23.8. The fourth-order valence-electron chi connectivity index (χ4n) is 11.0. The molecule has 10 nitrogen and oxygen atoms in total. The van der Waals surface area contributed by atoms with Crippen LogP contribution in [0.4, 0.5) is 0 Å². The third kappa shape index (κ3) is 4.11. The predicted molar refractivity (Wildman–Crippen MR) is 190 cm³/mol. The fraction of sp³-hybridized carbons (Fsp3) is 0.538. The maximum absolute atomic E-state index is 14.8. The van der Waals surface area contributed by atoms with Gasteiger partial charge in [-0.1, -0.05) is 45.3 Å². The highest BCUT2D eigenvalue weighted by molar-refractivity contribution is 7.87. The number of hydrogen-bond donors (Lipinski definition) is 3. The summed E-state index contributed by atoms with van der Waals surface area (Å²) in [6, 6.07) is 11.3. The number of aromatic nitrogens is 1. The number of allylic oxidation sites excluding steroid dienone is 1. The van der Waals surface area contributed by atoms with Crippen molar-refractivity contribution in [1.82, 2.24) is 18.9 Å². The lowest BCUT2D eigenvalue weighted by molar-refractivity contribution is -0.128. The van der Waals surface area contributed by atoms with Crippen molar-refractivity contribution in [3.63, 3.8) is 0 Å². The number of aliphatic hydroxyl groups excluding tert-OH is 1. The number of methoxy groups -OCH3 is 1. The van der Waals surface area contributed by atoms with Gasteiger partial charge in [0.15, 0.2) is 0 Å². The molecule has 0 radical (unpaired) electrons. The highest BCUT2D eigenvalue weighted by atomic mass is 32.2. The summed E-state index contributed by atoms with van der Waals surface area (Å²) in [4.78, 5) is 28.2. The van der Waals surface area contributed by atoms with Crippen LogP contribution in [0.2, 0.25) is 0 Å². The summed E-state index contributed by atoms with van der Waals surface area (Å²) in [6.07, 6.45) is 8.70. The Morgan fingerprint density at radius 3 is 2.48 bits per heavy atom. The molecule has 6 aliphatic rings. The maximum atomic E-state index is 14.8. The smallest absolute Gasteiger partial charge is 0.303 e. The van der Waals surface area contributed by atoms with Gasteiger partial charge in [0.05, 0.1) is 30.4 Å². The quantitative estimate of drug-likeness (QED) is 0.290. The van der Waals surface area contributed by atoms with Gasteiger partial charge in [-0.25, -0.2) is 4.72 Å². The number of aliphatic hydroxyl groups is 1. The van der Waals surface area contributed by atoms with Crippen molar-refractivity contribution >= 4 is 32.9 Å². The molecule has 2 amide bonds. The van der Waals surface area contributed by atoms with Crippen LogP contribution in [0, 0.1) is 22.2 Å². The lowest BCUT2D eigenvalue weighted by Crippen LogP contribution is -2.48. The number of amides is 2. The summed E-state index contributed by atoms with van der Waals surface area (Å²) in [5.41, 5.74) is 5.91. The summed E-state index contributed by atoms with van der Waals surface area (Å²) in [6.45, 7) is 4.92. The van der Waals surface area contributed by atoms with E-state index in [9.17, 15) is 23.1 Å². The monoisotopic (exact) mass is 698 g/mol. The molecule has 5 aliphatic carbocycles. The minimum absolute atomic E-state index is 0.00410. The Morgan fingerprint density at radius 1 is 1.06 bits per heavy atom. The van der Waals surface area contributed by atoms with E-state index < -0.39 is 27.6 Å². The number of benzene rings is 2. The minimum Gasteiger partial charge on any atom is -0.497 e. The van der Waals surface area contributed by atoms with Crippen molar-refractivity contribution in [3.05, 3.63) is 64.7 Å². The van der Waals surface area contributed by atoms with E-state index in [1.165, 1.54) is 26.1 Å². The molecule has 11 heteroatoms. The molecule has 2 aromatic carbocycles. The molecular formula is C39H46N4O6S. The zero-order valence-electron chi connectivity index (χ0n) is 29.4. The second-order valence-electron chi connectivity index (χ2n) is 16.5. The summed E-state index contributed by atoms with van der Waals surface area (Å²) >= 11 is 0. The molecular weight excluding hydrogens is 653 g/mol. The van der Waals surface area contributed by atoms with E-state index >= 15 is 0 Å². The summed E-state index contributed by atoms with van der Waals surface area (Å²) in [5.74, 6) is 0.475. The Balaban J connectivity index is 1.19. The number of fused-ring (bicyclic) bond motifs is 7. The van der Waals surface area contributed by atoms with Gasteiger partial charge in [0.1, 0.15) is 5.75 Å². The van der Waals surface area contributed by atoms with Crippen LogP contribution in [-0.4, -0.2) is 67.6 Å². The van der Waals surface area contributed by atoms with Gasteiger partial charge in [-0.3, -0.25) is 9.59 Å². The molecule has 1 spiro atoms. The Morgan fingerprint density at radius 2 is 1.82 bits per heavy atom. The molecule has 4 fully saturated rings. The average Bonchev–Trinajstić information content (AvgIpc) is 3.88. The summed E-state index contributed by atoms with van der Waals surface area (Å²) in [7, 11) is 0.421. The molecule has 4 unspecified atom stereocenters. The van der Waals surface area contributed by atoms with Gasteiger partial charge in [-0.2, -0.15) is 12.7 Å². The average molecular weight is 699 g/mol. The predicted octanol–water partition coefficient (Wildman–Crippen LogP) is 5.22. The molecule has 3 N–H and O–H groups in total. The Hall–Kier alpha value is -3.67. The highest BCUT2D eigenvalue weighted by Crippen LogP contribution is 2.83. The molecule has 1 aromatic heterocycles. The molecule has 6 atom stereocenters. The van der Waals surface area contributed by atoms with E-state index in [0.717, 1.165) is 75.5 Å². The van der Waals surface area contributed by atoms with Crippen molar-refractivity contribution in [3.8, 4) is 17.0 Å². The van der Waals surface area contributed by atoms with Gasteiger partial charge in [-0.05, 0) is 90.0 Å². The molecule has 264 valence electrons. The third-order valence-electron chi connectivity index (χ3n) is 13.8. The second kappa shape index (κ2) is 10.4. The van der Waals surface area contributed by atoms with Gasteiger partial charge in [0.25, 0.3) is 5.91 Å². The molecule has 4 saturated carbocycles. The Labute approximate surface area is 293 Å². The minimum atomic E-state index is -4.00. The molecule has 9 rings (SSSR count). The normalized spacial score (nSPS) is 31.6. The van der Waals surface area contributed by atoms with Crippen LogP contribution < -0.4 is 14.8 Å². The summed E-state index contributed by atoms with van der Waals surface area (Å²) in [5, 5.41) is 15.8. The van der Waals surface area contributed by atoms with Crippen LogP contribution in [-0.2, 0) is 21.5 Å². The van der Waals surface area contributed by atoms with Gasteiger partial charge in [-0.15, -0.1) is 0 Å². The first kappa shape index (κ1) is 32.3. The van der Waals surface area contributed by atoms with Gasteiger partial charge in [0.2, 0.25) is 5.91 Å². The van der Waals surface area contributed by atoms with Gasteiger partial charge < -0.3 is 19.7 Å². The van der Waals surface area contributed by atoms with Crippen molar-refractivity contribution < 1.29 is 27.9 Å². The van der Waals surface area contributed by atoms with Crippen LogP contribution >= 0.6 is 0 Å². The van der Waals surface area contributed by atoms with Crippen LogP contribution in [0.5, 0.6) is 5.75 Å². The zero-order chi connectivity index (χ0) is 35.1. The van der Waals surface area contributed by atoms with Crippen molar-refractivity contribution in [2.75, 3.05) is 21.2 Å². The lowest BCUT2D eigenvalue weighted by Gasteiger charge is -2.34. The van der Waals surface area contributed by atoms with E-state index in [2.05, 4.69) is 46.7 Å². The van der Waals surface area contributed by atoms with Crippen LogP contribution in [0.25, 0.3) is 22.2 Å². The molecule has 2 heterocycles. The highest BCUT2D eigenvalue weighted by Gasteiger charge is 2.82. The Bertz CT molecular complexity index is 2150. The van der Waals surface area contributed by atoms with Crippen molar-refractivity contribution in [1.29, 1.82) is 0 Å².